The quantitative estimate of drug-likeness (QED) is 0.567. The number of ether oxygens (including phenoxy) is 1. The average molecular weight is 211 g/mol. The second kappa shape index (κ2) is 4.82. The number of aldehydes is 1. The summed E-state index contributed by atoms with van der Waals surface area (Å²) in [5.41, 5.74) is 1.35. The second-order valence-corrected chi connectivity index (χ2v) is 3.27. The molecule has 1 rings (SSSR count). The maximum atomic E-state index is 10.5. The molecule has 14 heavy (non-hydrogen) atoms. The van der Waals surface area contributed by atoms with Gasteiger partial charge >= 0.3 is 0 Å². The van der Waals surface area contributed by atoms with Gasteiger partial charge in [-0.2, -0.15) is 0 Å². The number of carbonyl (C=O) groups is 1. The maximum Gasteiger partial charge on any atom is 0.145 e. The van der Waals surface area contributed by atoms with Gasteiger partial charge in [0.15, 0.2) is 0 Å². The van der Waals surface area contributed by atoms with Gasteiger partial charge in [0.05, 0.1) is 12.1 Å². The number of allylic oxidation sites excluding steroid dienone is 1. The van der Waals surface area contributed by atoms with Crippen molar-refractivity contribution in [3.8, 4) is 5.75 Å². The van der Waals surface area contributed by atoms with E-state index < -0.39 is 0 Å². The van der Waals surface area contributed by atoms with Gasteiger partial charge in [-0.15, -0.1) is 0 Å². The van der Waals surface area contributed by atoms with Crippen LogP contribution in [0.2, 0.25) is 5.02 Å². The molecule has 2 nitrogen and oxygen atoms in total. The zero-order valence-electron chi connectivity index (χ0n) is 8.08. The molecule has 0 atom stereocenters. The van der Waals surface area contributed by atoms with E-state index in [-0.39, 0.29) is 0 Å². The van der Waals surface area contributed by atoms with E-state index in [4.69, 9.17) is 16.3 Å². The third-order valence-electron chi connectivity index (χ3n) is 1.79. The number of carbonyl (C=O) groups excluding carboxylic acids is 1. The van der Waals surface area contributed by atoms with Crippen molar-refractivity contribution < 1.29 is 9.53 Å². The highest BCUT2D eigenvalue weighted by Crippen LogP contribution is 2.28. The van der Waals surface area contributed by atoms with Crippen LogP contribution in [0.1, 0.15) is 12.5 Å². The van der Waals surface area contributed by atoms with Gasteiger partial charge < -0.3 is 4.74 Å². The molecule has 0 unspecified atom stereocenters. The van der Waals surface area contributed by atoms with Crippen LogP contribution in [-0.4, -0.2) is 13.4 Å². The molecule has 3 heteroatoms. The van der Waals surface area contributed by atoms with Crippen LogP contribution in [0.25, 0.3) is 6.08 Å². The first-order valence-electron chi connectivity index (χ1n) is 4.15. The summed E-state index contributed by atoms with van der Waals surface area (Å²) in [6.07, 6.45) is 2.48. The van der Waals surface area contributed by atoms with E-state index in [9.17, 15) is 4.79 Å². The summed E-state index contributed by atoms with van der Waals surface area (Å²) in [6.45, 7) is 1.72. The van der Waals surface area contributed by atoms with Crippen LogP contribution in [0, 0.1) is 0 Å². The van der Waals surface area contributed by atoms with Crippen molar-refractivity contribution in [3.63, 3.8) is 0 Å². The van der Waals surface area contributed by atoms with Gasteiger partial charge in [0.25, 0.3) is 0 Å². The summed E-state index contributed by atoms with van der Waals surface area (Å²) in [6, 6.07) is 5.36. The van der Waals surface area contributed by atoms with Crippen molar-refractivity contribution in [3.05, 3.63) is 34.4 Å². The van der Waals surface area contributed by atoms with E-state index >= 15 is 0 Å². The molecule has 0 heterocycles. The third kappa shape index (κ3) is 2.36. The number of hydrogen-bond donors (Lipinski definition) is 0. The summed E-state index contributed by atoms with van der Waals surface area (Å²) in [5.74, 6) is 0.665. The molecule has 0 aliphatic carbocycles. The van der Waals surface area contributed by atoms with Crippen molar-refractivity contribution in [2.24, 2.45) is 0 Å². The van der Waals surface area contributed by atoms with Gasteiger partial charge in [0, 0.05) is 5.56 Å². The largest absolute Gasteiger partial charge is 0.496 e. The van der Waals surface area contributed by atoms with E-state index in [1.807, 2.05) is 0 Å². The molecule has 0 fully saturated rings. The fourth-order valence-corrected chi connectivity index (χ4v) is 1.32. The van der Waals surface area contributed by atoms with Crippen LogP contribution in [0.15, 0.2) is 23.8 Å². The van der Waals surface area contributed by atoms with Crippen molar-refractivity contribution in [2.45, 2.75) is 6.92 Å². The standard InChI is InChI=1S/C11H11ClO2/c1-8(7-13)6-9-10(12)4-3-5-11(9)14-2/h3-7H,1-2H3/b8-6-. The molecule has 0 N–H and O–H groups in total. The first kappa shape index (κ1) is 10.8. The Hall–Kier alpha value is -1.28. The Balaban J connectivity index is 3.24. The van der Waals surface area contributed by atoms with Crippen LogP contribution in [0.4, 0.5) is 0 Å². The van der Waals surface area contributed by atoms with Crippen LogP contribution in [0.5, 0.6) is 5.75 Å². The Morgan fingerprint density at radius 3 is 2.79 bits per heavy atom. The third-order valence-corrected chi connectivity index (χ3v) is 2.12. The molecule has 0 aromatic heterocycles. The number of halogens is 1. The number of hydrogen-bond acceptors (Lipinski definition) is 2. The van der Waals surface area contributed by atoms with E-state index in [1.165, 1.54) is 0 Å². The molecule has 0 saturated carbocycles. The minimum atomic E-state index is 0.575. The Kier molecular flexibility index (Phi) is 3.72. The number of benzene rings is 1. The topological polar surface area (TPSA) is 26.3 Å². The Morgan fingerprint density at radius 2 is 2.21 bits per heavy atom. The smallest absolute Gasteiger partial charge is 0.145 e. The van der Waals surface area contributed by atoms with Crippen LogP contribution >= 0.6 is 11.6 Å². The molecule has 0 aliphatic rings. The van der Waals surface area contributed by atoms with Gasteiger partial charge in [-0.3, -0.25) is 4.79 Å². The lowest BCUT2D eigenvalue weighted by molar-refractivity contribution is -0.104. The summed E-state index contributed by atoms with van der Waals surface area (Å²) >= 11 is 5.97. The fraction of sp³-hybridized carbons (Fsp3) is 0.182. The fourth-order valence-electron chi connectivity index (χ4n) is 1.10. The zero-order chi connectivity index (χ0) is 10.6. The maximum absolute atomic E-state index is 10.5. The zero-order valence-corrected chi connectivity index (χ0v) is 8.84. The summed E-state index contributed by atoms with van der Waals surface area (Å²) in [4.78, 5) is 10.5. The molecular weight excluding hydrogens is 200 g/mol. The van der Waals surface area contributed by atoms with Crippen LogP contribution in [0.3, 0.4) is 0 Å². The molecule has 0 saturated heterocycles. The first-order chi connectivity index (χ1) is 6.69. The number of methoxy groups -OCH3 is 1. The minimum Gasteiger partial charge on any atom is -0.496 e. The lowest BCUT2D eigenvalue weighted by Crippen LogP contribution is -1.88. The molecule has 74 valence electrons. The molecule has 1 aromatic rings. The normalized spacial score (nSPS) is 11.2. The molecular formula is C11H11ClO2. The molecule has 0 bridgehead atoms. The predicted molar refractivity (Wildman–Crippen MR) is 57.7 cm³/mol. The highest BCUT2D eigenvalue weighted by Gasteiger charge is 2.04. The Bertz CT molecular complexity index is 370. The monoisotopic (exact) mass is 210 g/mol. The molecule has 0 aliphatic heterocycles. The molecule has 1 aromatic carbocycles. The minimum absolute atomic E-state index is 0.575. The summed E-state index contributed by atoms with van der Waals surface area (Å²) in [7, 11) is 1.57. The molecule has 0 radical (unpaired) electrons. The van der Waals surface area contributed by atoms with Gasteiger partial charge in [-0.1, -0.05) is 17.7 Å². The Morgan fingerprint density at radius 1 is 1.50 bits per heavy atom. The van der Waals surface area contributed by atoms with Gasteiger partial charge in [0.2, 0.25) is 0 Å². The van der Waals surface area contributed by atoms with Crippen LogP contribution < -0.4 is 4.74 Å². The van der Waals surface area contributed by atoms with E-state index in [2.05, 4.69) is 0 Å². The van der Waals surface area contributed by atoms with Crippen molar-refractivity contribution in [2.75, 3.05) is 7.11 Å². The summed E-state index contributed by atoms with van der Waals surface area (Å²) in [5, 5.41) is 0.575. The number of rotatable bonds is 3. The van der Waals surface area contributed by atoms with Crippen molar-refractivity contribution >= 4 is 24.0 Å². The average Bonchev–Trinajstić information content (AvgIpc) is 2.20. The predicted octanol–water partition coefficient (Wildman–Crippen LogP) is 2.95. The van der Waals surface area contributed by atoms with Crippen LogP contribution in [-0.2, 0) is 4.79 Å². The van der Waals surface area contributed by atoms with E-state index in [0.29, 0.717) is 16.3 Å². The van der Waals surface area contributed by atoms with Gasteiger partial charge in [-0.05, 0) is 30.7 Å². The molecule has 0 spiro atoms. The SMILES string of the molecule is COc1cccc(Cl)c1/C=C(/C)C=O. The highest BCUT2D eigenvalue weighted by molar-refractivity contribution is 6.32. The second-order valence-electron chi connectivity index (χ2n) is 2.86. The lowest BCUT2D eigenvalue weighted by atomic mass is 10.1. The molecule has 0 amide bonds. The van der Waals surface area contributed by atoms with Crippen molar-refractivity contribution in [1.82, 2.24) is 0 Å². The van der Waals surface area contributed by atoms with E-state index in [1.54, 1.807) is 38.3 Å². The Labute approximate surface area is 88.1 Å². The van der Waals surface area contributed by atoms with E-state index in [0.717, 1.165) is 11.8 Å². The lowest BCUT2D eigenvalue weighted by Gasteiger charge is -2.06. The summed E-state index contributed by atoms with van der Waals surface area (Å²) < 4.78 is 5.13. The first-order valence-corrected chi connectivity index (χ1v) is 4.53. The van der Waals surface area contributed by atoms with Gasteiger partial charge in [-0.25, -0.2) is 0 Å². The van der Waals surface area contributed by atoms with Crippen molar-refractivity contribution in [1.29, 1.82) is 0 Å². The highest BCUT2D eigenvalue weighted by atomic mass is 35.5. The van der Waals surface area contributed by atoms with Gasteiger partial charge in [0.1, 0.15) is 12.0 Å².